The molecule has 0 aliphatic heterocycles. The highest BCUT2D eigenvalue weighted by Gasteiger charge is 2.08. The van der Waals surface area contributed by atoms with E-state index in [4.69, 9.17) is 10.1 Å². The summed E-state index contributed by atoms with van der Waals surface area (Å²) in [4.78, 5) is 11.1. The Bertz CT molecular complexity index is 372. The molecule has 15 heavy (non-hydrogen) atoms. The van der Waals surface area contributed by atoms with Gasteiger partial charge in [-0.05, 0) is 19.4 Å². The Kier molecular flexibility index (Phi) is 4.03. The predicted octanol–water partition coefficient (Wildman–Crippen LogP) is 2.32. The normalized spacial score (nSPS) is 9.73. The Morgan fingerprint density at radius 2 is 2.20 bits per heavy atom. The molecule has 0 saturated heterocycles. The van der Waals surface area contributed by atoms with E-state index in [1.54, 1.807) is 6.92 Å². The SMILES string of the molecule is CCOC(=O)CC(=N)c1cccc(C)c1. The van der Waals surface area contributed by atoms with Crippen LogP contribution in [-0.4, -0.2) is 18.3 Å². The van der Waals surface area contributed by atoms with Crippen LogP contribution in [0.15, 0.2) is 24.3 Å². The largest absolute Gasteiger partial charge is 0.466 e. The number of rotatable bonds is 4. The van der Waals surface area contributed by atoms with E-state index in [2.05, 4.69) is 0 Å². The molecule has 0 radical (unpaired) electrons. The van der Waals surface area contributed by atoms with Gasteiger partial charge in [-0.1, -0.05) is 29.8 Å². The minimum atomic E-state index is -0.344. The highest BCUT2D eigenvalue weighted by atomic mass is 16.5. The van der Waals surface area contributed by atoms with Crippen LogP contribution in [-0.2, 0) is 9.53 Å². The molecule has 0 atom stereocenters. The standard InChI is InChI=1S/C12H15NO2/c1-3-15-12(14)8-11(13)10-6-4-5-9(2)7-10/h4-7,13H,3,8H2,1-2H3. The van der Waals surface area contributed by atoms with Gasteiger partial charge in [0.25, 0.3) is 0 Å². The summed E-state index contributed by atoms with van der Waals surface area (Å²) >= 11 is 0. The number of carbonyl (C=O) groups is 1. The Balaban J connectivity index is 2.65. The van der Waals surface area contributed by atoms with E-state index in [1.807, 2.05) is 31.2 Å². The summed E-state index contributed by atoms with van der Waals surface area (Å²) in [6.45, 7) is 4.08. The number of benzene rings is 1. The topological polar surface area (TPSA) is 50.2 Å². The van der Waals surface area contributed by atoms with Crippen LogP contribution in [0.5, 0.6) is 0 Å². The van der Waals surface area contributed by atoms with Crippen LogP contribution in [0.25, 0.3) is 0 Å². The molecular formula is C12H15NO2. The third-order valence-electron chi connectivity index (χ3n) is 1.99. The maximum Gasteiger partial charge on any atom is 0.311 e. The van der Waals surface area contributed by atoms with Gasteiger partial charge in [0.2, 0.25) is 0 Å². The number of esters is 1. The number of nitrogens with one attached hydrogen (secondary N) is 1. The molecule has 0 aliphatic rings. The van der Waals surface area contributed by atoms with Crippen molar-refractivity contribution in [3.63, 3.8) is 0 Å². The van der Waals surface area contributed by atoms with Gasteiger partial charge in [0, 0.05) is 5.71 Å². The molecule has 3 heteroatoms. The molecule has 0 saturated carbocycles. The molecule has 0 spiro atoms. The van der Waals surface area contributed by atoms with E-state index in [-0.39, 0.29) is 12.4 Å². The van der Waals surface area contributed by atoms with Crippen LogP contribution < -0.4 is 0 Å². The molecule has 1 aromatic carbocycles. The van der Waals surface area contributed by atoms with Crippen molar-refractivity contribution >= 4 is 11.7 Å². The predicted molar refractivity (Wildman–Crippen MR) is 59.3 cm³/mol. The van der Waals surface area contributed by atoms with Crippen LogP contribution in [0.1, 0.15) is 24.5 Å². The minimum Gasteiger partial charge on any atom is -0.466 e. The first-order chi connectivity index (χ1) is 7.13. The lowest BCUT2D eigenvalue weighted by Crippen LogP contribution is -2.11. The number of ether oxygens (including phenoxy) is 1. The highest BCUT2D eigenvalue weighted by molar-refractivity contribution is 6.07. The summed E-state index contributed by atoms with van der Waals surface area (Å²) in [6, 6.07) is 7.56. The summed E-state index contributed by atoms with van der Waals surface area (Å²) in [5.74, 6) is -0.344. The van der Waals surface area contributed by atoms with Crippen molar-refractivity contribution in [1.82, 2.24) is 0 Å². The Morgan fingerprint density at radius 3 is 2.80 bits per heavy atom. The molecule has 0 fully saturated rings. The molecule has 0 amide bonds. The maximum atomic E-state index is 11.1. The van der Waals surface area contributed by atoms with Crippen molar-refractivity contribution in [2.24, 2.45) is 0 Å². The zero-order valence-corrected chi connectivity index (χ0v) is 9.04. The lowest BCUT2D eigenvalue weighted by molar-refractivity contribution is -0.141. The molecule has 0 unspecified atom stereocenters. The van der Waals surface area contributed by atoms with Gasteiger partial charge in [-0.25, -0.2) is 0 Å². The van der Waals surface area contributed by atoms with Gasteiger partial charge in [0.1, 0.15) is 0 Å². The number of hydrogen-bond acceptors (Lipinski definition) is 3. The van der Waals surface area contributed by atoms with E-state index in [0.29, 0.717) is 12.3 Å². The Morgan fingerprint density at radius 1 is 1.47 bits per heavy atom. The van der Waals surface area contributed by atoms with Crippen molar-refractivity contribution in [1.29, 1.82) is 5.41 Å². The first kappa shape index (κ1) is 11.4. The molecule has 0 bridgehead atoms. The van der Waals surface area contributed by atoms with E-state index < -0.39 is 0 Å². The van der Waals surface area contributed by atoms with Gasteiger partial charge in [-0.2, -0.15) is 0 Å². The molecule has 1 aromatic rings. The van der Waals surface area contributed by atoms with Gasteiger partial charge in [0.05, 0.1) is 13.0 Å². The fourth-order valence-electron chi connectivity index (χ4n) is 1.29. The van der Waals surface area contributed by atoms with Crippen LogP contribution in [0.4, 0.5) is 0 Å². The summed E-state index contributed by atoms with van der Waals surface area (Å²) in [6.07, 6.45) is 0.0390. The third-order valence-corrected chi connectivity index (χ3v) is 1.99. The molecule has 0 aliphatic carbocycles. The summed E-state index contributed by atoms with van der Waals surface area (Å²) in [7, 11) is 0. The van der Waals surface area contributed by atoms with Gasteiger partial charge in [-0.15, -0.1) is 0 Å². The second-order valence-electron chi connectivity index (χ2n) is 3.33. The van der Waals surface area contributed by atoms with Gasteiger partial charge >= 0.3 is 5.97 Å². The van der Waals surface area contributed by atoms with Gasteiger partial charge < -0.3 is 10.1 Å². The zero-order valence-electron chi connectivity index (χ0n) is 9.04. The van der Waals surface area contributed by atoms with Crippen LogP contribution >= 0.6 is 0 Å². The Labute approximate surface area is 89.6 Å². The average molecular weight is 205 g/mol. The van der Waals surface area contributed by atoms with Crippen molar-refractivity contribution in [2.45, 2.75) is 20.3 Å². The number of carbonyl (C=O) groups excluding carboxylic acids is 1. The molecular weight excluding hydrogens is 190 g/mol. The second kappa shape index (κ2) is 5.29. The Hall–Kier alpha value is -1.64. The van der Waals surface area contributed by atoms with Gasteiger partial charge in [0.15, 0.2) is 0 Å². The van der Waals surface area contributed by atoms with Crippen molar-refractivity contribution < 1.29 is 9.53 Å². The first-order valence-corrected chi connectivity index (χ1v) is 4.93. The van der Waals surface area contributed by atoms with Crippen LogP contribution in [0.3, 0.4) is 0 Å². The highest BCUT2D eigenvalue weighted by Crippen LogP contribution is 2.07. The monoisotopic (exact) mass is 205 g/mol. The van der Waals surface area contributed by atoms with E-state index in [1.165, 1.54) is 0 Å². The maximum absolute atomic E-state index is 11.1. The molecule has 1 rings (SSSR count). The number of hydrogen-bond donors (Lipinski definition) is 1. The fourth-order valence-corrected chi connectivity index (χ4v) is 1.29. The zero-order chi connectivity index (χ0) is 11.3. The van der Waals surface area contributed by atoms with E-state index in [9.17, 15) is 4.79 Å². The summed E-state index contributed by atoms with van der Waals surface area (Å²) in [5, 5.41) is 7.73. The summed E-state index contributed by atoms with van der Waals surface area (Å²) < 4.78 is 4.78. The molecule has 80 valence electrons. The lowest BCUT2D eigenvalue weighted by atomic mass is 10.1. The molecule has 0 heterocycles. The third kappa shape index (κ3) is 3.54. The second-order valence-corrected chi connectivity index (χ2v) is 3.33. The number of aryl methyl sites for hydroxylation is 1. The van der Waals surface area contributed by atoms with Crippen molar-refractivity contribution in [3.05, 3.63) is 35.4 Å². The van der Waals surface area contributed by atoms with Crippen LogP contribution in [0, 0.1) is 12.3 Å². The lowest BCUT2D eigenvalue weighted by Gasteiger charge is -2.04. The van der Waals surface area contributed by atoms with Crippen molar-refractivity contribution in [3.8, 4) is 0 Å². The average Bonchev–Trinajstić information content (AvgIpc) is 2.18. The van der Waals surface area contributed by atoms with Crippen molar-refractivity contribution in [2.75, 3.05) is 6.61 Å². The molecule has 3 nitrogen and oxygen atoms in total. The van der Waals surface area contributed by atoms with E-state index >= 15 is 0 Å². The molecule has 1 N–H and O–H groups in total. The van der Waals surface area contributed by atoms with E-state index in [0.717, 1.165) is 11.1 Å². The summed E-state index contributed by atoms with van der Waals surface area (Å²) in [5.41, 5.74) is 2.17. The smallest absolute Gasteiger partial charge is 0.311 e. The minimum absolute atomic E-state index is 0.0390. The fraction of sp³-hybridized carbons (Fsp3) is 0.333. The molecule has 0 aromatic heterocycles. The first-order valence-electron chi connectivity index (χ1n) is 4.93. The van der Waals surface area contributed by atoms with Gasteiger partial charge in [-0.3, -0.25) is 4.79 Å². The van der Waals surface area contributed by atoms with Crippen LogP contribution in [0.2, 0.25) is 0 Å². The quantitative estimate of drug-likeness (QED) is 0.605.